The van der Waals surface area contributed by atoms with E-state index in [1.165, 1.54) is 29.0 Å². The van der Waals surface area contributed by atoms with Crippen molar-refractivity contribution >= 4 is 16.9 Å². The maximum absolute atomic E-state index is 10.8. The Bertz CT molecular complexity index is 1070. The highest BCUT2D eigenvalue weighted by molar-refractivity contribution is 5.70. The Balaban J connectivity index is 1.43. The van der Waals surface area contributed by atoms with Crippen molar-refractivity contribution in [1.29, 1.82) is 0 Å². The molecule has 8 nitrogen and oxygen atoms in total. The first-order chi connectivity index (χ1) is 14.4. The van der Waals surface area contributed by atoms with Crippen molar-refractivity contribution < 1.29 is 9.34 Å². The number of rotatable bonds is 6. The molecule has 0 saturated heterocycles. The fourth-order valence-electron chi connectivity index (χ4n) is 3.46. The van der Waals surface area contributed by atoms with Gasteiger partial charge in [-0.25, -0.2) is 0 Å². The average molecular weight is 405 g/mol. The van der Waals surface area contributed by atoms with Crippen LogP contribution in [0.5, 0.6) is 0 Å². The zero-order chi connectivity index (χ0) is 21.3. The van der Waals surface area contributed by atoms with Crippen LogP contribution in [0.15, 0.2) is 59.0 Å². The summed E-state index contributed by atoms with van der Waals surface area (Å²) in [5.41, 5.74) is 4.36. The Morgan fingerprint density at radius 1 is 1.07 bits per heavy atom. The zero-order valence-electron chi connectivity index (χ0n) is 17.1. The van der Waals surface area contributed by atoms with E-state index in [1.807, 2.05) is 21.0 Å². The van der Waals surface area contributed by atoms with E-state index in [0.717, 1.165) is 13.1 Å². The Hall–Kier alpha value is -3.52. The van der Waals surface area contributed by atoms with Gasteiger partial charge in [0.2, 0.25) is 11.8 Å². The van der Waals surface area contributed by atoms with E-state index in [0.29, 0.717) is 17.3 Å². The molecule has 0 bridgehead atoms. The number of hydrogen-bond donors (Lipinski definition) is 0. The molecular formula is C22H23N5O3. The van der Waals surface area contributed by atoms with Crippen molar-refractivity contribution in [3.63, 3.8) is 0 Å². The Morgan fingerprint density at radius 3 is 2.37 bits per heavy atom. The van der Waals surface area contributed by atoms with Gasteiger partial charge in [0, 0.05) is 50.6 Å². The standard InChI is InChI=1S/C22H23N5O3/c1-15(21-23-24-22(30-21)17-6-10-20(11-7-17)27(28)29)26-13-12-18(14-26)16-4-8-19(9-5-16)25(2)3/h4-12,15H,13-14H2,1-3H3. The second kappa shape index (κ2) is 8.08. The lowest BCUT2D eigenvalue weighted by atomic mass is 10.1. The summed E-state index contributed by atoms with van der Waals surface area (Å²) in [6.45, 7) is 3.65. The normalized spacial score (nSPS) is 15.1. The maximum atomic E-state index is 10.8. The fourth-order valence-corrected chi connectivity index (χ4v) is 3.46. The van der Waals surface area contributed by atoms with Crippen LogP contribution < -0.4 is 4.90 Å². The molecule has 154 valence electrons. The number of nitro groups is 1. The molecule has 2 aromatic carbocycles. The summed E-state index contributed by atoms with van der Waals surface area (Å²) in [5.74, 6) is 0.888. The smallest absolute Gasteiger partial charge is 0.269 e. The molecule has 0 spiro atoms. The Kier molecular flexibility index (Phi) is 5.33. The average Bonchev–Trinajstić information content (AvgIpc) is 3.44. The van der Waals surface area contributed by atoms with E-state index in [4.69, 9.17) is 4.42 Å². The highest BCUT2D eigenvalue weighted by Crippen LogP contribution is 2.30. The second-order valence-corrected chi connectivity index (χ2v) is 7.53. The van der Waals surface area contributed by atoms with E-state index in [1.54, 1.807) is 12.1 Å². The van der Waals surface area contributed by atoms with Gasteiger partial charge in [-0.15, -0.1) is 10.2 Å². The van der Waals surface area contributed by atoms with Gasteiger partial charge in [0.25, 0.3) is 5.69 Å². The van der Waals surface area contributed by atoms with Crippen LogP contribution in [0.25, 0.3) is 17.0 Å². The van der Waals surface area contributed by atoms with E-state index >= 15 is 0 Å². The monoisotopic (exact) mass is 405 g/mol. The molecule has 8 heteroatoms. The van der Waals surface area contributed by atoms with Crippen molar-refractivity contribution in [1.82, 2.24) is 15.1 Å². The maximum Gasteiger partial charge on any atom is 0.269 e. The van der Waals surface area contributed by atoms with Crippen molar-refractivity contribution in [2.45, 2.75) is 13.0 Å². The molecular weight excluding hydrogens is 382 g/mol. The number of nitrogens with zero attached hydrogens (tertiary/aromatic N) is 5. The summed E-state index contributed by atoms with van der Waals surface area (Å²) in [6.07, 6.45) is 2.23. The van der Waals surface area contributed by atoms with Gasteiger partial charge in [-0.1, -0.05) is 18.2 Å². The van der Waals surface area contributed by atoms with Crippen molar-refractivity contribution in [2.75, 3.05) is 32.1 Å². The summed E-state index contributed by atoms with van der Waals surface area (Å²) >= 11 is 0. The lowest BCUT2D eigenvalue weighted by molar-refractivity contribution is -0.384. The minimum Gasteiger partial charge on any atom is -0.419 e. The molecule has 4 rings (SSSR count). The number of benzene rings is 2. The number of anilines is 1. The van der Waals surface area contributed by atoms with Crippen molar-refractivity contribution in [2.24, 2.45) is 0 Å². The molecule has 1 atom stereocenters. The third kappa shape index (κ3) is 3.95. The van der Waals surface area contributed by atoms with E-state index in [9.17, 15) is 10.1 Å². The molecule has 0 aliphatic carbocycles. The van der Waals surface area contributed by atoms with Gasteiger partial charge in [0.15, 0.2) is 0 Å². The summed E-state index contributed by atoms with van der Waals surface area (Å²) in [4.78, 5) is 14.7. The molecule has 0 N–H and O–H groups in total. The molecule has 30 heavy (non-hydrogen) atoms. The zero-order valence-corrected chi connectivity index (χ0v) is 17.1. The molecule has 0 fully saturated rings. The molecule has 1 unspecified atom stereocenters. The van der Waals surface area contributed by atoms with E-state index < -0.39 is 4.92 Å². The lowest BCUT2D eigenvalue weighted by Crippen LogP contribution is -2.24. The van der Waals surface area contributed by atoms with Gasteiger partial charge < -0.3 is 9.32 Å². The van der Waals surface area contributed by atoms with Gasteiger partial charge >= 0.3 is 0 Å². The van der Waals surface area contributed by atoms with Crippen LogP contribution in [0.3, 0.4) is 0 Å². The molecule has 1 aliphatic heterocycles. The molecule has 3 aromatic rings. The van der Waals surface area contributed by atoms with Crippen LogP contribution >= 0.6 is 0 Å². The first-order valence-corrected chi connectivity index (χ1v) is 9.71. The second-order valence-electron chi connectivity index (χ2n) is 7.53. The Morgan fingerprint density at radius 2 is 1.73 bits per heavy atom. The van der Waals surface area contributed by atoms with Crippen LogP contribution in [-0.4, -0.2) is 47.2 Å². The number of nitro benzene ring substituents is 1. The predicted octanol–water partition coefficient (Wildman–Crippen LogP) is 4.17. The van der Waals surface area contributed by atoms with E-state index in [2.05, 4.69) is 50.3 Å². The molecule has 0 saturated carbocycles. The minimum absolute atomic E-state index is 0.0288. The van der Waals surface area contributed by atoms with Gasteiger partial charge in [-0.3, -0.25) is 15.0 Å². The van der Waals surface area contributed by atoms with E-state index in [-0.39, 0.29) is 11.7 Å². The van der Waals surface area contributed by atoms with Crippen molar-refractivity contribution in [3.05, 3.63) is 76.2 Å². The number of non-ortho nitro benzene ring substituents is 1. The molecule has 1 aromatic heterocycles. The fraction of sp³-hybridized carbons (Fsp3) is 0.273. The number of aromatic nitrogens is 2. The first kappa shape index (κ1) is 19.8. The lowest BCUT2D eigenvalue weighted by Gasteiger charge is -2.21. The van der Waals surface area contributed by atoms with Crippen LogP contribution in [0.2, 0.25) is 0 Å². The van der Waals surface area contributed by atoms with Crippen molar-refractivity contribution in [3.8, 4) is 11.5 Å². The highest BCUT2D eigenvalue weighted by Gasteiger charge is 2.26. The quantitative estimate of drug-likeness (QED) is 0.449. The van der Waals surface area contributed by atoms with Crippen LogP contribution in [0.4, 0.5) is 11.4 Å². The number of hydrogen-bond acceptors (Lipinski definition) is 7. The first-order valence-electron chi connectivity index (χ1n) is 9.71. The SMILES string of the molecule is CC(c1nnc(-c2ccc([N+](=O)[O-])cc2)o1)N1CC=C(c2ccc(N(C)C)cc2)C1. The van der Waals surface area contributed by atoms with Gasteiger partial charge in [0.05, 0.1) is 11.0 Å². The minimum atomic E-state index is -0.433. The van der Waals surface area contributed by atoms with Crippen LogP contribution in [-0.2, 0) is 0 Å². The van der Waals surface area contributed by atoms with Gasteiger partial charge in [-0.05, 0) is 42.3 Å². The topological polar surface area (TPSA) is 88.5 Å². The molecule has 2 heterocycles. The van der Waals surface area contributed by atoms with Crippen LogP contribution in [0, 0.1) is 10.1 Å². The Labute approximate surface area is 174 Å². The molecule has 0 radical (unpaired) electrons. The predicted molar refractivity (Wildman–Crippen MR) is 115 cm³/mol. The molecule has 1 aliphatic rings. The third-order valence-electron chi connectivity index (χ3n) is 5.37. The summed E-state index contributed by atoms with van der Waals surface area (Å²) in [7, 11) is 4.06. The molecule has 0 amide bonds. The van der Waals surface area contributed by atoms with Gasteiger partial charge in [-0.2, -0.15) is 0 Å². The summed E-state index contributed by atoms with van der Waals surface area (Å²) in [6, 6.07) is 14.6. The summed E-state index contributed by atoms with van der Waals surface area (Å²) in [5, 5.41) is 19.1. The highest BCUT2D eigenvalue weighted by atomic mass is 16.6. The summed E-state index contributed by atoms with van der Waals surface area (Å²) < 4.78 is 5.86. The largest absolute Gasteiger partial charge is 0.419 e. The third-order valence-corrected chi connectivity index (χ3v) is 5.37. The van der Waals surface area contributed by atoms with Gasteiger partial charge in [0.1, 0.15) is 0 Å². The van der Waals surface area contributed by atoms with Crippen LogP contribution in [0.1, 0.15) is 24.4 Å².